The van der Waals surface area contributed by atoms with E-state index < -0.39 is 0 Å². The average Bonchev–Trinajstić information content (AvgIpc) is 3.25. The van der Waals surface area contributed by atoms with E-state index in [1.165, 1.54) is 5.69 Å². The molecule has 2 heterocycles. The average molecular weight is 374 g/mol. The topological polar surface area (TPSA) is 48.7 Å². The fraction of sp³-hybridized carbons (Fsp3) is 0.273. The fourth-order valence-electron chi connectivity index (χ4n) is 3.50. The van der Waals surface area contributed by atoms with Gasteiger partial charge in [0.1, 0.15) is 0 Å². The predicted molar refractivity (Wildman–Crippen MR) is 114 cm³/mol. The van der Waals surface area contributed by atoms with Crippen LogP contribution in [-0.4, -0.2) is 53.9 Å². The Morgan fingerprint density at radius 1 is 0.929 bits per heavy atom. The molecule has 1 aliphatic heterocycles. The van der Waals surface area contributed by atoms with Crippen LogP contribution in [0.25, 0.3) is 5.69 Å². The molecule has 1 N–H and O–H groups in total. The summed E-state index contributed by atoms with van der Waals surface area (Å²) >= 11 is 0. The summed E-state index contributed by atoms with van der Waals surface area (Å²) in [6.45, 7) is 4.61. The Morgan fingerprint density at radius 3 is 2.21 bits per heavy atom. The minimum Gasteiger partial charge on any atom is -0.368 e. The molecule has 1 fully saturated rings. The summed E-state index contributed by atoms with van der Waals surface area (Å²) in [6.07, 6.45) is 3.96. The van der Waals surface area contributed by atoms with Gasteiger partial charge in [-0.15, -0.1) is 0 Å². The predicted octanol–water partition coefficient (Wildman–Crippen LogP) is 2.77. The van der Waals surface area contributed by atoms with Gasteiger partial charge in [-0.25, -0.2) is 4.68 Å². The molecule has 6 nitrogen and oxygen atoms in total. The van der Waals surface area contributed by atoms with Crippen LogP contribution in [0.2, 0.25) is 0 Å². The van der Waals surface area contributed by atoms with Crippen LogP contribution >= 0.6 is 0 Å². The molecule has 1 aromatic heterocycles. The van der Waals surface area contributed by atoms with Gasteiger partial charge in [-0.3, -0.25) is 4.99 Å². The van der Waals surface area contributed by atoms with Gasteiger partial charge in [-0.05, 0) is 24.3 Å². The largest absolute Gasteiger partial charge is 0.368 e. The van der Waals surface area contributed by atoms with Crippen LogP contribution in [0.3, 0.4) is 0 Å². The van der Waals surface area contributed by atoms with Crippen LogP contribution < -0.4 is 10.2 Å². The molecule has 0 radical (unpaired) electrons. The third kappa shape index (κ3) is 4.17. The number of aromatic nitrogens is 2. The van der Waals surface area contributed by atoms with Gasteiger partial charge in [-0.1, -0.05) is 36.4 Å². The Balaban J connectivity index is 1.32. The summed E-state index contributed by atoms with van der Waals surface area (Å²) in [4.78, 5) is 9.22. The standard InChI is InChI=1S/C22H26N6/c1-23-22(27-14-12-26(13-15-27)20-8-4-2-5-9-20)24-16-19-17-25-28(18-19)21-10-6-3-7-11-21/h2-11,17-18H,12-16H2,1H3,(H,23,24). The number of hydrogen-bond acceptors (Lipinski definition) is 3. The molecule has 1 aliphatic rings. The number of nitrogens with zero attached hydrogens (tertiary/aromatic N) is 5. The first-order valence-corrected chi connectivity index (χ1v) is 9.68. The molecule has 6 heteroatoms. The summed E-state index contributed by atoms with van der Waals surface area (Å²) in [5, 5.41) is 7.94. The Bertz CT molecular complexity index is 895. The number of piperazine rings is 1. The summed E-state index contributed by atoms with van der Waals surface area (Å²) in [7, 11) is 1.85. The highest BCUT2D eigenvalue weighted by molar-refractivity contribution is 5.80. The molecule has 144 valence electrons. The van der Waals surface area contributed by atoms with Crippen LogP contribution in [0.4, 0.5) is 5.69 Å². The van der Waals surface area contributed by atoms with Crippen molar-refractivity contribution in [3.63, 3.8) is 0 Å². The van der Waals surface area contributed by atoms with Crippen molar-refractivity contribution in [2.45, 2.75) is 6.54 Å². The van der Waals surface area contributed by atoms with Crippen LogP contribution in [0.5, 0.6) is 0 Å². The molecular formula is C22H26N6. The Kier molecular flexibility index (Phi) is 5.56. The van der Waals surface area contributed by atoms with Crippen LogP contribution in [0, 0.1) is 0 Å². The van der Waals surface area contributed by atoms with E-state index in [0.717, 1.165) is 43.4 Å². The minimum absolute atomic E-state index is 0.707. The molecular weight excluding hydrogens is 348 g/mol. The first-order chi connectivity index (χ1) is 13.8. The highest BCUT2D eigenvalue weighted by atomic mass is 15.3. The molecule has 0 unspecified atom stereocenters. The quantitative estimate of drug-likeness (QED) is 0.564. The zero-order valence-corrected chi connectivity index (χ0v) is 16.2. The number of hydrogen-bond donors (Lipinski definition) is 1. The molecule has 28 heavy (non-hydrogen) atoms. The second-order valence-electron chi connectivity index (χ2n) is 6.84. The smallest absolute Gasteiger partial charge is 0.194 e. The fourth-order valence-corrected chi connectivity index (χ4v) is 3.50. The van der Waals surface area contributed by atoms with Crippen LogP contribution in [-0.2, 0) is 6.54 Å². The highest BCUT2D eigenvalue weighted by Gasteiger charge is 2.19. The van der Waals surface area contributed by atoms with Gasteiger partial charge in [0.2, 0.25) is 0 Å². The Labute approximate surface area is 166 Å². The lowest BCUT2D eigenvalue weighted by Crippen LogP contribution is -2.52. The minimum atomic E-state index is 0.707. The van der Waals surface area contributed by atoms with Gasteiger partial charge in [-0.2, -0.15) is 5.10 Å². The Morgan fingerprint density at radius 2 is 1.57 bits per heavy atom. The molecule has 0 spiro atoms. The number of nitrogens with one attached hydrogen (secondary N) is 1. The van der Waals surface area contributed by atoms with Gasteiger partial charge in [0.15, 0.2) is 5.96 Å². The highest BCUT2D eigenvalue weighted by Crippen LogP contribution is 2.15. The van der Waals surface area contributed by atoms with Gasteiger partial charge in [0.25, 0.3) is 0 Å². The number of benzene rings is 2. The van der Waals surface area contributed by atoms with Crippen molar-refractivity contribution in [2.24, 2.45) is 4.99 Å². The number of para-hydroxylation sites is 2. The molecule has 0 aliphatic carbocycles. The number of rotatable bonds is 4. The van der Waals surface area contributed by atoms with Crippen molar-refractivity contribution in [3.8, 4) is 5.69 Å². The first kappa shape index (κ1) is 18.1. The summed E-state index contributed by atoms with van der Waals surface area (Å²) in [5.74, 6) is 0.945. The van der Waals surface area contributed by atoms with E-state index >= 15 is 0 Å². The van der Waals surface area contributed by atoms with Crippen molar-refractivity contribution in [2.75, 3.05) is 38.1 Å². The van der Waals surface area contributed by atoms with Gasteiger partial charge in [0, 0.05) is 57.2 Å². The summed E-state index contributed by atoms with van der Waals surface area (Å²) in [6, 6.07) is 20.8. The van der Waals surface area contributed by atoms with Crippen molar-refractivity contribution in [3.05, 3.63) is 78.6 Å². The molecule has 0 atom stereocenters. The lowest BCUT2D eigenvalue weighted by atomic mass is 10.2. The van der Waals surface area contributed by atoms with E-state index in [1.54, 1.807) is 0 Å². The molecule has 3 aromatic rings. The van der Waals surface area contributed by atoms with Crippen LogP contribution in [0.15, 0.2) is 78.0 Å². The molecule has 4 rings (SSSR count). The maximum Gasteiger partial charge on any atom is 0.194 e. The van der Waals surface area contributed by atoms with E-state index in [0.29, 0.717) is 6.54 Å². The van der Waals surface area contributed by atoms with Crippen molar-refractivity contribution < 1.29 is 0 Å². The molecule has 0 bridgehead atoms. The monoisotopic (exact) mass is 374 g/mol. The van der Waals surface area contributed by atoms with E-state index in [2.05, 4.69) is 73.9 Å². The molecule has 2 aromatic carbocycles. The molecule has 0 amide bonds. The lowest BCUT2D eigenvalue weighted by molar-refractivity contribution is 0.372. The second kappa shape index (κ2) is 8.61. The first-order valence-electron chi connectivity index (χ1n) is 9.68. The lowest BCUT2D eigenvalue weighted by Gasteiger charge is -2.37. The number of guanidine groups is 1. The third-order valence-electron chi connectivity index (χ3n) is 5.02. The van der Waals surface area contributed by atoms with Gasteiger partial charge >= 0.3 is 0 Å². The molecule has 0 saturated carbocycles. The number of aliphatic imine (C=N–C) groups is 1. The Hall–Kier alpha value is -3.28. The van der Waals surface area contributed by atoms with Crippen molar-refractivity contribution >= 4 is 11.6 Å². The van der Waals surface area contributed by atoms with E-state index in [1.807, 2.05) is 36.1 Å². The number of anilines is 1. The zero-order chi connectivity index (χ0) is 19.2. The van der Waals surface area contributed by atoms with Gasteiger partial charge in [0.05, 0.1) is 11.9 Å². The summed E-state index contributed by atoms with van der Waals surface area (Å²) < 4.78 is 1.90. The van der Waals surface area contributed by atoms with E-state index in [9.17, 15) is 0 Å². The van der Waals surface area contributed by atoms with Crippen molar-refractivity contribution in [1.29, 1.82) is 0 Å². The maximum atomic E-state index is 4.48. The summed E-state index contributed by atoms with van der Waals surface area (Å²) in [5.41, 5.74) is 3.49. The van der Waals surface area contributed by atoms with Crippen molar-refractivity contribution in [1.82, 2.24) is 20.0 Å². The maximum absolute atomic E-state index is 4.48. The normalized spacial score (nSPS) is 15.0. The third-order valence-corrected chi connectivity index (χ3v) is 5.02. The molecule has 1 saturated heterocycles. The van der Waals surface area contributed by atoms with Crippen LogP contribution in [0.1, 0.15) is 5.56 Å². The second-order valence-corrected chi connectivity index (χ2v) is 6.84. The SMILES string of the molecule is CN=C(NCc1cnn(-c2ccccc2)c1)N1CCN(c2ccccc2)CC1. The zero-order valence-electron chi connectivity index (χ0n) is 16.2. The van der Waals surface area contributed by atoms with Gasteiger partial charge < -0.3 is 15.1 Å². The van der Waals surface area contributed by atoms with E-state index in [-0.39, 0.29) is 0 Å². The van der Waals surface area contributed by atoms with E-state index in [4.69, 9.17) is 0 Å².